The average molecular weight is 263 g/mol. The van der Waals surface area contributed by atoms with Crippen LogP contribution in [0.25, 0.3) is 0 Å². The Morgan fingerprint density at radius 2 is 1.88 bits per heavy atom. The van der Waals surface area contributed by atoms with Crippen molar-refractivity contribution in [1.29, 1.82) is 0 Å². The monoisotopic (exact) mass is 262 g/mol. The van der Waals surface area contributed by atoms with Gasteiger partial charge in [0.2, 0.25) is 9.05 Å². The number of hydrogen-bond acceptors (Lipinski definition) is 3. The third kappa shape index (κ3) is 3.68. The molecule has 0 saturated heterocycles. The van der Waals surface area contributed by atoms with E-state index in [9.17, 15) is 8.42 Å². The maximum atomic E-state index is 10.9. The van der Waals surface area contributed by atoms with Gasteiger partial charge < -0.3 is 4.74 Å². The van der Waals surface area contributed by atoms with Gasteiger partial charge in [-0.15, -0.1) is 0 Å². The number of halogens is 1. The molecule has 0 amide bonds. The summed E-state index contributed by atoms with van der Waals surface area (Å²) in [6.07, 6.45) is 0.433. The number of hydrogen-bond donors (Lipinski definition) is 0. The van der Waals surface area contributed by atoms with Gasteiger partial charge in [-0.05, 0) is 43.0 Å². The van der Waals surface area contributed by atoms with Gasteiger partial charge in [0.1, 0.15) is 5.75 Å². The van der Waals surface area contributed by atoms with Crippen LogP contribution < -0.4 is 4.74 Å². The molecular formula is C11H15ClO3S. The lowest BCUT2D eigenvalue weighted by Crippen LogP contribution is -2.03. The Bertz CT molecular complexity index is 480. The van der Waals surface area contributed by atoms with E-state index < -0.39 is 9.05 Å². The maximum absolute atomic E-state index is 10.9. The molecular weight excluding hydrogens is 248 g/mol. The van der Waals surface area contributed by atoms with E-state index in [0.29, 0.717) is 6.42 Å². The highest BCUT2D eigenvalue weighted by atomic mass is 35.7. The highest BCUT2D eigenvalue weighted by molar-refractivity contribution is 8.13. The summed E-state index contributed by atoms with van der Waals surface area (Å²) in [6.45, 7) is 3.86. The molecule has 0 saturated carbocycles. The smallest absolute Gasteiger partial charge is 0.232 e. The van der Waals surface area contributed by atoms with Crippen LogP contribution in [-0.2, 0) is 15.5 Å². The Morgan fingerprint density at radius 3 is 2.38 bits per heavy atom. The predicted octanol–water partition coefficient (Wildman–Crippen LogP) is 2.42. The molecule has 0 N–H and O–H groups in total. The summed E-state index contributed by atoms with van der Waals surface area (Å²) in [7, 11) is 3.37. The molecule has 1 aromatic rings. The quantitative estimate of drug-likeness (QED) is 0.783. The second-order valence-corrected chi connectivity index (χ2v) is 6.64. The third-order valence-electron chi connectivity index (χ3n) is 2.47. The van der Waals surface area contributed by atoms with Crippen LogP contribution >= 0.6 is 10.7 Å². The van der Waals surface area contributed by atoms with Crippen molar-refractivity contribution in [2.24, 2.45) is 0 Å². The van der Waals surface area contributed by atoms with E-state index in [2.05, 4.69) is 0 Å². The summed E-state index contributed by atoms with van der Waals surface area (Å²) in [5.74, 6) is 0.774. The minimum absolute atomic E-state index is 0.0405. The Labute approximate surface area is 101 Å². The third-order valence-corrected chi connectivity index (χ3v) is 3.62. The first-order chi connectivity index (χ1) is 7.33. The summed E-state index contributed by atoms with van der Waals surface area (Å²) in [5, 5.41) is 0. The van der Waals surface area contributed by atoms with Crippen LogP contribution in [0, 0.1) is 13.8 Å². The second-order valence-electron chi connectivity index (χ2n) is 3.74. The fourth-order valence-corrected chi connectivity index (χ4v) is 2.27. The molecule has 0 atom stereocenters. The van der Waals surface area contributed by atoms with Crippen molar-refractivity contribution in [1.82, 2.24) is 0 Å². The normalized spacial score (nSPS) is 11.5. The van der Waals surface area contributed by atoms with E-state index in [0.717, 1.165) is 22.4 Å². The standard InChI is InChI=1S/C11H15ClO3S/c1-8-7-11(15-3)9(2)6-10(8)4-5-16(12,13)14/h6-7H,4-5H2,1-3H3. The summed E-state index contributed by atoms with van der Waals surface area (Å²) in [4.78, 5) is 0. The molecule has 1 aromatic carbocycles. The fraction of sp³-hybridized carbons (Fsp3) is 0.455. The van der Waals surface area contributed by atoms with Gasteiger partial charge in [0.15, 0.2) is 0 Å². The van der Waals surface area contributed by atoms with Crippen molar-refractivity contribution in [3.05, 3.63) is 28.8 Å². The SMILES string of the molecule is COc1cc(C)c(CCS(=O)(=O)Cl)cc1C. The Morgan fingerprint density at radius 1 is 1.25 bits per heavy atom. The fourth-order valence-electron chi connectivity index (χ4n) is 1.57. The van der Waals surface area contributed by atoms with Crippen molar-refractivity contribution >= 4 is 19.7 Å². The van der Waals surface area contributed by atoms with Crippen molar-refractivity contribution in [3.8, 4) is 5.75 Å². The minimum atomic E-state index is -3.43. The van der Waals surface area contributed by atoms with Gasteiger partial charge in [0.25, 0.3) is 0 Å². The van der Waals surface area contributed by atoms with Gasteiger partial charge in [-0.3, -0.25) is 0 Å². The van der Waals surface area contributed by atoms with E-state index in [4.69, 9.17) is 15.4 Å². The zero-order valence-electron chi connectivity index (χ0n) is 9.58. The van der Waals surface area contributed by atoms with Crippen LogP contribution in [0.4, 0.5) is 0 Å². The summed E-state index contributed by atoms with van der Waals surface area (Å²) in [6, 6.07) is 3.85. The molecule has 0 aliphatic heterocycles. The molecule has 0 spiro atoms. The molecule has 0 aromatic heterocycles. The Balaban J connectivity index is 2.94. The van der Waals surface area contributed by atoms with Crippen LogP contribution in [0.2, 0.25) is 0 Å². The number of methoxy groups -OCH3 is 1. The highest BCUT2D eigenvalue weighted by Crippen LogP contribution is 2.23. The van der Waals surface area contributed by atoms with Crippen LogP contribution in [-0.4, -0.2) is 21.3 Å². The number of rotatable bonds is 4. The zero-order valence-corrected chi connectivity index (χ0v) is 11.2. The molecule has 0 bridgehead atoms. The molecule has 1 rings (SSSR count). The van der Waals surface area contributed by atoms with E-state index in [1.807, 2.05) is 26.0 Å². The molecule has 90 valence electrons. The van der Waals surface area contributed by atoms with E-state index in [1.54, 1.807) is 7.11 Å². The molecule has 0 aliphatic carbocycles. The van der Waals surface area contributed by atoms with Gasteiger partial charge in [0, 0.05) is 10.7 Å². The van der Waals surface area contributed by atoms with Crippen molar-refractivity contribution in [2.45, 2.75) is 20.3 Å². The molecule has 0 radical (unpaired) electrons. The molecule has 0 heterocycles. The molecule has 0 fully saturated rings. The summed E-state index contributed by atoms with van der Waals surface area (Å²) in [5.41, 5.74) is 3.00. The van der Waals surface area contributed by atoms with Gasteiger partial charge in [-0.25, -0.2) is 8.42 Å². The first-order valence-electron chi connectivity index (χ1n) is 4.90. The molecule has 0 unspecified atom stereocenters. The van der Waals surface area contributed by atoms with Crippen molar-refractivity contribution in [2.75, 3.05) is 12.9 Å². The molecule has 5 heteroatoms. The molecule has 3 nitrogen and oxygen atoms in total. The van der Waals surface area contributed by atoms with Crippen LogP contribution in [0.1, 0.15) is 16.7 Å². The lowest BCUT2D eigenvalue weighted by Gasteiger charge is -2.10. The molecule has 0 aliphatic rings. The first-order valence-corrected chi connectivity index (χ1v) is 7.38. The van der Waals surface area contributed by atoms with Gasteiger partial charge in [-0.1, -0.05) is 6.07 Å². The van der Waals surface area contributed by atoms with E-state index in [-0.39, 0.29) is 5.75 Å². The van der Waals surface area contributed by atoms with E-state index in [1.165, 1.54) is 0 Å². The highest BCUT2D eigenvalue weighted by Gasteiger charge is 2.09. The van der Waals surface area contributed by atoms with Crippen LogP contribution in [0.3, 0.4) is 0 Å². The van der Waals surface area contributed by atoms with E-state index >= 15 is 0 Å². The van der Waals surface area contributed by atoms with Crippen LogP contribution in [0.5, 0.6) is 5.75 Å². The zero-order chi connectivity index (χ0) is 12.3. The van der Waals surface area contributed by atoms with Crippen molar-refractivity contribution in [3.63, 3.8) is 0 Å². The maximum Gasteiger partial charge on any atom is 0.232 e. The minimum Gasteiger partial charge on any atom is -0.496 e. The average Bonchev–Trinajstić information content (AvgIpc) is 2.17. The van der Waals surface area contributed by atoms with Crippen LogP contribution in [0.15, 0.2) is 12.1 Å². The lowest BCUT2D eigenvalue weighted by atomic mass is 10.0. The predicted molar refractivity (Wildman–Crippen MR) is 65.8 cm³/mol. The van der Waals surface area contributed by atoms with Gasteiger partial charge in [0.05, 0.1) is 12.9 Å². The van der Waals surface area contributed by atoms with Gasteiger partial charge >= 0.3 is 0 Å². The lowest BCUT2D eigenvalue weighted by molar-refractivity contribution is 0.411. The summed E-state index contributed by atoms with van der Waals surface area (Å²) < 4.78 is 26.9. The Kier molecular flexibility index (Phi) is 4.21. The first kappa shape index (κ1) is 13.3. The van der Waals surface area contributed by atoms with Gasteiger partial charge in [-0.2, -0.15) is 0 Å². The summed E-state index contributed by atoms with van der Waals surface area (Å²) >= 11 is 0. The van der Waals surface area contributed by atoms with Crippen molar-refractivity contribution < 1.29 is 13.2 Å². The number of ether oxygens (including phenoxy) is 1. The number of benzene rings is 1. The number of aryl methyl sites for hydroxylation is 3. The Hall–Kier alpha value is -0.740. The second kappa shape index (κ2) is 5.06. The largest absolute Gasteiger partial charge is 0.496 e. The topological polar surface area (TPSA) is 43.4 Å². The molecule has 16 heavy (non-hydrogen) atoms.